The molecule has 0 radical (unpaired) electrons. The number of aryl methyl sites for hydroxylation is 1. The summed E-state index contributed by atoms with van der Waals surface area (Å²) in [5.41, 5.74) is 6.84. The van der Waals surface area contributed by atoms with Gasteiger partial charge in [0.25, 0.3) is 0 Å². The highest BCUT2D eigenvalue weighted by atomic mass is 16.5. The van der Waals surface area contributed by atoms with Gasteiger partial charge in [-0.25, -0.2) is 0 Å². The molecule has 0 aliphatic carbocycles. The van der Waals surface area contributed by atoms with Crippen molar-refractivity contribution >= 4 is 5.78 Å². The monoisotopic (exact) mass is 235 g/mol. The molecule has 0 unspecified atom stereocenters. The number of hydrogen-bond acceptors (Lipinski definition) is 3. The first-order chi connectivity index (χ1) is 7.96. The smallest absolute Gasteiger partial charge is 0.173 e. The quantitative estimate of drug-likeness (QED) is 0.797. The van der Waals surface area contributed by atoms with E-state index >= 15 is 0 Å². The molecule has 0 spiro atoms. The molecular formula is C14H21NO2. The number of carbonyl (C=O) groups excluding carboxylic acids is 1. The third kappa shape index (κ3) is 2.86. The van der Waals surface area contributed by atoms with Crippen molar-refractivity contribution in [1.29, 1.82) is 0 Å². The second-order valence-electron chi connectivity index (χ2n) is 4.81. The molecule has 0 saturated heterocycles. The Morgan fingerprint density at radius 2 is 2.06 bits per heavy atom. The summed E-state index contributed by atoms with van der Waals surface area (Å²) in [5, 5.41) is 0. The van der Waals surface area contributed by atoms with Gasteiger partial charge in [0.15, 0.2) is 5.78 Å². The van der Waals surface area contributed by atoms with Gasteiger partial charge in [0, 0.05) is 12.0 Å². The van der Waals surface area contributed by atoms with Crippen molar-refractivity contribution in [3.63, 3.8) is 0 Å². The molecule has 1 aromatic carbocycles. The van der Waals surface area contributed by atoms with E-state index in [0.29, 0.717) is 17.9 Å². The van der Waals surface area contributed by atoms with Gasteiger partial charge < -0.3 is 10.5 Å². The van der Waals surface area contributed by atoms with Crippen LogP contribution in [0.2, 0.25) is 0 Å². The zero-order chi connectivity index (χ0) is 13.1. The molecule has 0 aliphatic rings. The second kappa shape index (κ2) is 5.32. The SMILES string of the molecule is CCc1ccc(OC)c(C(=O)C(C)(C)CN)c1. The molecule has 94 valence electrons. The number of ketones is 1. The van der Waals surface area contributed by atoms with E-state index in [-0.39, 0.29) is 5.78 Å². The van der Waals surface area contributed by atoms with E-state index < -0.39 is 5.41 Å². The van der Waals surface area contributed by atoms with Crippen molar-refractivity contribution in [2.24, 2.45) is 11.1 Å². The van der Waals surface area contributed by atoms with Gasteiger partial charge in [-0.05, 0) is 24.1 Å². The fourth-order valence-electron chi connectivity index (χ4n) is 1.61. The molecular weight excluding hydrogens is 214 g/mol. The van der Waals surface area contributed by atoms with Crippen LogP contribution in [0, 0.1) is 5.41 Å². The minimum Gasteiger partial charge on any atom is -0.496 e. The lowest BCUT2D eigenvalue weighted by Gasteiger charge is -2.22. The van der Waals surface area contributed by atoms with Crippen LogP contribution < -0.4 is 10.5 Å². The molecule has 0 aromatic heterocycles. The lowest BCUT2D eigenvalue weighted by molar-refractivity contribution is 0.0844. The number of Topliss-reactive ketones (excluding diaryl/α,β-unsaturated/α-hetero) is 1. The Kier molecular flexibility index (Phi) is 4.29. The first-order valence-electron chi connectivity index (χ1n) is 5.88. The van der Waals surface area contributed by atoms with Gasteiger partial charge in [-0.1, -0.05) is 26.8 Å². The minimum atomic E-state index is -0.556. The normalized spacial score (nSPS) is 11.4. The van der Waals surface area contributed by atoms with Crippen LogP contribution in [0.25, 0.3) is 0 Å². The lowest BCUT2D eigenvalue weighted by atomic mass is 9.83. The van der Waals surface area contributed by atoms with E-state index in [1.54, 1.807) is 7.11 Å². The summed E-state index contributed by atoms with van der Waals surface area (Å²) < 4.78 is 5.24. The van der Waals surface area contributed by atoms with Crippen LogP contribution in [0.15, 0.2) is 18.2 Å². The average Bonchev–Trinajstić information content (AvgIpc) is 2.36. The van der Waals surface area contributed by atoms with Crippen LogP contribution in [-0.4, -0.2) is 19.4 Å². The van der Waals surface area contributed by atoms with Gasteiger partial charge in [0.05, 0.1) is 12.7 Å². The summed E-state index contributed by atoms with van der Waals surface area (Å²) in [4.78, 5) is 12.4. The summed E-state index contributed by atoms with van der Waals surface area (Å²) in [6.45, 7) is 6.09. The van der Waals surface area contributed by atoms with Crippen molar-refractivity contribution in [1.82, 2.24) is 0 Å². The van der Waals surface area contributed by atoms with Crippen LogP contribution in [0.5, 0.6) is 5.75 Å². The average molecular weight is 235 g/mol. The third-order valence-electron chi connectivity index (χ3n) is 3.04. The highest BCUT2D eigenvalue weighted by molar-refractivity contribution is 6.02. The van der Waals surface area contributed by atoms with Crippen LogP contribution in [0.4, 0.5) is 0 Å². The summed E-state index contributed by atoms with van der Waals surface area (Å²) >= 11 is 0. The molecule has 2 N–H and O–H groups in total. The number of benzene rings is 1. The maximum absolute atomic E-state index is 12.4. The Balaban J connectivity index is 3.23. The van der Waals surface area contributed by atoms with E-state index in [1.807, 2.05) is 32.0 Å². The molecule has 0 atom stereocenters. The largest absolute Gasteiger partial charge is 0.496 e. The summed E-state index contributed by atoms with van der Waals surface area (Å²) in [6, 6.07) is 5.72. The molecule has 0 bridgehead atoms. The van der Waals surface area contributed by atoms with E-state index in [4.69, 9.17) is 10.5 Å². The van der Waals surface area contributed by atoms with E-state index in [9.17, 15) is 4.79 Å². The minimum absolute atomic E-state index is 0.0344. The number of methoxy groups -OCH3 is 1. The first-order valence-corrected chi connectivity index (χ1v) is 5.88. The maximum Gasteiger partial charge on any atom is 0.173 e. The molecule has 1 rings (SSSR count). The fourth-order valence-corrected chi connectivity index (χ4v) is 1.61. The lowest BCUT2D eigenvalue weighted by Crippen LogP contribution is -2.33. The predicted octanol–water partition coefficient (Wildman–Crippen LogP) is 2.43. The van der Waals surface area contributed by atoms with Crippen molar-refractivity contribution in [3.8, 4) is 5.75 Å². The van der Waals surface area contributed by atoms with Crippen molar-refractivity contribution in [2.75, 3.05) is 13.7 Å². The van der Waals surface area contributed by atoms with Crippen molar-refractivity contribution in [2.45, 2.75) is 27.2 Å². The molecule has 17 heavy (non-hydrogen) atoms. The molecule has 0 saturated carbocycles. The number of hydrogen-bond donors (Lipinski definition) is 1. The maximum atomic E-state index is 12.4. The van der Waals surface area contributed by atoms with Crippen LogP contribution in [-0.2, 0) is 6.42 Å². The Morgan fingerprint density at radius 1 is 1.41 bits per heavy atom. The zero-order valence-electron chi connectivity index (χ0n) is 11.0. The van der Waals surface area contributed by atoms with E-state index in [0.717, 1.165) is 12.0 Å². The van der Waals surface area contributed by atoms with E-state index in [1.165, 1.54) is 0 Å². The fraction of sp³-hybridized carbons (Fsp3) is 0.500. The third-order valence-corrected chi connectivity index (χ3v) is 3.04. The molecule has 0 amide bonds. The van der Waals surface area contributed by atoms with Crippen LogP contribution in [0.1, 0.15) is 36.7 Å². The molecule has 0 aliphatic heterocycles. The molecule has 0 fully saturated rings. The predicted molar refractivity (Wildman–Crippen MR) is 69.5 cm³/mol. The molecule has 0 heterocycles. The Morgan fingerprint density at radius 3 is 2.53 bits per heavy atom. The van der Waals surface area contributed by atoms with E-state index in [2.05, 4.69) is 6.92 Å². The topological polar surface area (TPSA) is 52.3 Å². The number of carbonyl (C=O) groups is 1. The van der Waals surface area contributed by atoms with Crippen molar-refractivity contribution in [3.05, 3.63) is 29.3 Å². The standard InChI is InChI=1S/C14H21NO2/c1-5-10-6-7-12(17-4)11(8-10)13(16)14(2,3)9-15/h6-8H,5,9,15H2,1-4H3. The summed E-state index contributed by atoms with van der Waals surface area (Å²) in [7, 11) is 1.58. The van der Waals surface area contributed by atoms with Crippen LogP contribution in [0.3, 0.4) is 0 Å². The van der Waals surface area contributed by atoms with Gasteiger partial charge in [0.2, 0.25) is 0 Å². The number of ether oxygens (including phenoxy) is 1. The van der Waals surface area contributed by atoms with Gasteiger partial charge in [-0.3, -0.25) is 4.79 Å². The first kappa shape index (κ1) is 13.7. The Labute approximate surface area is 103 Å². The highest BCUT2D eigenvalue weighted by Gasteiger charge is 2.29. The number of nitrogens with two attached hydrogens (primary N) is 1. The Bertz CT molecular complexity index is 411. The zero-order valence-corrected chi connectivity index (χ0v) is 11.0. The number of rotatable bonds is 5. The Hall–Kier alpha value is -1.35. The summed E-state index contributed by atoms with van der Waals surface area (Å²) in [5.74, 6) is 0.654. The van der Waals surface area contributed by atoms with Crippen LogP contribution >= 0.6 is 0 Å². The molecule has 3 heteroatoms. The highest BCUT2D eigenvalue weighted by Crippen LogP contribution is 2.28. The molecule has 3 nitrogen and oxygen atoms in total. The van der Waals surface area contributed by atoms with Gasteiger partial charge in [-0.2, -0.15) is 0 Å². The van der Waals surface area contributed by atoms with Gasteiger partial charge in [-0.15, -0.1) is 0 Å². The van der Waals surface area contributed by atoms with Crippen molar-refractivity contribution < 1.29 is 9.53 Å². The second-order valence-corrected chi connectivity index (χ2v) is 4.81. The van der Waals surface area contributed by atoms with Gasteiger partial charge >= 0.3 is 0 Å². The summed E-state index contributed by atoms with van der Waals surface area (Å²) in [6.07, 6.45) is 0.896. The molecule has 1 aromatic rings. The van der Waals surface area contributed by atoms with Gasteiger partial charge in [0.1, 0.15) is 5.75 Å².